The molecular weight excluding hydrogens is 386 g/mol. The van der Waals surface area contributed by atoms with Crippen LogP contribution in [0.2, 0.25) is 5.02 Å². The number of carbonyl (C=O) groups excluding carboxylic acids is 1. The predicted octanol–water partition coefficient (Wildman–Crippen LogP) is 3.85. The van der Waals surface area contributed by atoms with E-state index in [1.165, 1.54) is 0 Å². The zero-order valence-corrected chi connectivity index (χ0v) is 16.9. The molecule has 4 rings (SSSR count). The summed E-state index contributed by atoms with van der Waals surface area (Å²) in [7, 11) is 0. The molecule has 29 heavy (non-hydrogen) atoms. The van der Waals surface area contributed by atoms with Gasteiger partial charge in [-0.15, -0.1) is 0 Å². The molecule has 3 heterocycles. The molecule has 7 heteroatoms. The minimum absolute atomic E-state index is 0.200. The normalized spacial score (nSPS) is 16.5. The number of anilines is 2. The lowest BCUT2D eigenvalue weighted by molar-refractivity contribution is 0.102. The fourth-order valence-electron chi connectivity index (χ4n) is 3.47. The Morgan fingerprint density at radius 3 is 2.83 bits per heavy atom. The van der Waals surface area contributed by atoms with Gasteiger partial charge in [0.25, 0.3) is 5.91 Å². The Hall–Kier alpha value is -2.96. The molecule has 0 radical (unpaired) electrons. The summed E-state index contributed by atoms with van der Waals surface area (Å²) in [6.45, 7) is 4.61. The monoisotopic (exact) mass is 407 g/mol. The van der Waals surface area contributed by atoms with Crippen LogP contribution < -0.4 is 15.5 Å². The van der Waals surface area contributed by atoms with Crippen LogP contribution in [0.3, 0.4) is 0 Å². The first kappa shape index (κ1) is 19.4. The van der Waals surface area contributed by atoms with E-state index in [1.54, 1.807) is 36.7 Å². The van der Waals surface area contributed by atoms with Crippen LogP contribution in [-0.2, 0) is 0 Å². The molecule has 148 valence electrons. The average Bonchev–Trinajstić information content (AvgIpc) is 2.75. The Kier molecular flexibility index (Phi) is 5.74. The van der Waals surface area contributed by atoms with Crippen molar-refractivity contribution in [3.05, 3.63) is 71.5 Å². The van der Waals surface area contributed by atoms with Gasteiger partial charge in [-0.2, -0.15) is 0 Å². The molecule has 1 amide bonds. The van der Waals surface area contributed by atoms with Gasteiger partial charge in [-0.25, -0.2) is 4.98 Å². The van der Waals surface area contributed by atoms with Crippen molar-refractivity contribution in [3.8, 4) is 11.3 Å². The van der Waals surface area contributed by atoms with Crippen LogP contribution in [0.25, 0.3) is 11.3 Å². The fraction of sp³-hybridized carbons (Fsp3) is 0.227. The van der Waals surface area contributed by atoms with E-state index in [1.807, 2.05) is 24.3 Å². The van der Waals surface area contributed by atoms with Crippen molar-refractivity contribution in [1.82, 2.24) is 15.3 Å². The van der Waals surface area contributed by atoms with Crippen LogP contribution in [0.15, 0.2) is 60.9 Å². The molecule has 1 aliphatic rings. The molecular formula is C22H22ClN5O. The van der Waals surface area contributed by atoms with Crippen molar-refractivity contribution in [2.24, 2.45) is 0 Å². The summed E-state index contributed by atoms with van der Waals surface area (Å²) in [5, 5.41) is 6.97. The Labute approximate surface area is 174 Å². The molecule has 1 aliphatic heterocycles. The molecule has 6 nitrogen and oxygen atoms in total. The summed E-state index contributed by atoms with van der Waals surface area (Å²) >= 11 is 6.35. The molecule has 1 atom stereocenters. The Morgan fingerprint density at radius 1 is 1.17 bits per heavy atom. The van der Waals surface area contributed by atoms with E-state index in [0.29, 0.717) is 28.1 Å². The van der Waals surface area contributed by atoms with E-state index in [0.717, 1.165) is 30.9 Å². The lowest BCUT2D eigenvalue weighted by atomic mass is 10.1. The predicted molar refractivity (Wildman–Crippen MR) is 117 cm³/mol. The summed E-state index contributed by atoms with van der Waals surface area (Å²) in [6.07, 6.45) is 3.44. The highest BCUT2D eigenvalue weighted by Crippen LogP contribution is 2.29. The van der Waals surface area contributed by atoms with E-state index < -0.39 is 0 Å². The van der Waals surface area contributed by atoms with Gasteiger partial charge in [0.05, 0.1) is 16.3 Å². The maximum absolute atomic E-state index is 13.0. The molecule has 1 saturated heterocycles. The highest BCUT2D eigenvalue weighted by Gasteiger charge is 2.22. The van der Waals surface area contributed by atoms with Crippen molar-refractivity contribution in [1.29, 1.82) is 0 Å². The number of carbonyl (C=O) groups is 1. The van der Waals surface area contributed by atoms with Gasteiger partial charge in [0.1, 0.15) is 5.82 Å². The number of nitrogens with one attached hydrogen (secondary N) is 2. The first-order chi connectivity index (χ1) is 14.1. The third-order valence-corrected chi connectivity index (χ3v) is 5.19. The van der Waals surface area contributed by atoms with E-state index in [2.05, 4.69) is 32.4 Å². The quantitative estimate of drug-likeness (QED) is 0.687. The van der Waals surface area contributed by atoms with Crippen molar-refractivity contribution in [3.63, 3.8) is 0 Å². The lowest BCUT2D eigenvalue weighted by Crippen LogP contribution is -2.50. The van der Waals surface area contributed by atoms with Gasteiger partial charge in [0, 0.05) is 49.3 Å². The van der Waals surface area contributed by atoms with Crippen molar-refractivity contribution in [2.45, 2.75) is 13.0 Å². The van der Waals surface area contributed by atoms with E-state index in [4.69, 9.17) is 11.6 Å². The molecule has 0 saturated carbocycles. The van der Waals surface area contributed by atoms with E-state index >= 15 is 0 Å². The zero-order chi connectivity index (χ0) is 20.2. The van der Waals surface area contributed by atoms with Crippen LogP contribution in [-0.4, -0.2) is 41.6 Å². The second kappa shape index (κ2) is 8.59. The number of aromatic nitrogens is 2. The number of halogens is 1. The largest absolute Gasteiger partial charge is 0.353 e. The maximum atomic E-state index is 13.0. The maximum Gasteiger partial charge on any atom is 0.259 e. The molecule has 2 aromatic heterocycles. The Balaban J connectivity index is 1.59. The van der Waals surface area contributed by atoms with Gasteiger partial charge in [0.15, 0.2) is 0 Å². The summed E-state index contributed by atoms with van der Waals surface area (Å²) in [5.74, 6) is 0.505. The summed E-state index contributed by atoms with van der Waals surface area (Å²) in [4.78, 5) is 24.0. The van der Waals surface area contributed by atoms with Crippen LogP contribution >= 0.6 is 11.6 Å². The number of pyridine rings is 2. The first-order valence-corrected chi connectivity index (χ1v) is 9.95. The lowest BCUT2D eigenvalue weighted by Gasteiger charge is -2.33. The Bertz CT molecular complexity index is 1010. The van der Waals surface area contributed by atoms with Gasteiger partial charge < -0.3 is 15.5 Å². The third-order valence-electron chi connectivity index (χ3n) is 4.86. The van der Waals surface area contributed by atoms with Crippen LogP contribution in [0, 0.1) is 0 Å². The molecule has 1 aromatic carbocycles. The topological polar surface area (TPSA) is 70.2 Å². The van der Waals surface area contributed by atoms with Crippen LogP contribution in [0.1, 0.15) is 17.3 Å². The number of benzene rings is 1. The van der Waals surface area contributed by atoms with Crippen molar-refractivity contribution >= 4 is 29.0 Å². The Morgan fingerprint density at radius 2 is 2.03 bits per heavy atom. The number of rotatable bonds is 4. The van der Waals surface area contributed by atoms with E-state index in [9.17, 15) is 4.79 Å². The van der Waals surface area contributed by atoms with Crippen LogP contribution in [0.5, 0.6) is 0 Å². The molecule has 3 aromatic rings. The van der Waals surface area contributed by atoms with E-state index in [-0.39, 0.29) is 5.91 Å². The summed E-state index contributed by atoms with van der Waals surface area (Å²) < 4.78 is 0. The number of piperazine rings is 1. The SMILES string of the molecule is CC1CN(c2ncccc2C(=O)Nc2ccc(Cl)c(-c3ccccn3)c2)CCN1. The van der Waals surface area contributed by atoms with Gasteiger partial charge >= 0.3 is 0 Å². The number of hydrogen-bond acceptors (Lipinski definition) is 5. The average molecular weight is 408 g/mol. The highest BCUT2D eigenvalue weighted by molar-refractivity contribution is 6.33. The molecule has 0 aliphatic carbocycles. The minimum Gasteiger partial charge on any atom is -0.353 e. The standard InChI is InChI=1S/C22H22ClN5O/c1-15-14-28(12-11-24-15)21-17(5-4-10-26-21)22(29)27-16-7-8-19(23)18(13-16)20-6-2-3-9-25-20/h2-10,13,15,24H,11-12,14H2,1H3,(H,27,29). The second-order valence-corrected chi connectivity index (χ2v) is 7.45. The fourth-order valence-corrected chi connectivity index (χ4v) is 3.69. The molecule has 0 spiro atoms. The number of hydrogen-bond donors (Lipinski definition) is 2. The summed E-state index contributed by atoms with van der Waals surface area (Å²) in [5.41, 5.74) is 2.73. The third kappa shape index (κ3) is 4.39. The van der Waals surface area contributed by atoms with Crippen molar-refractivity contribution < 1.29 is 4.79 Å². The van der Waals surface area contributed by atoms with Gasteiger partial charge in [-0.05, 0) is 49.4 Å². The molecule has 0 bridgehead atoms. The highest BCUT2D eigenvalue weighted by atomic mass is 35.5. The smallest absolute Gasteiger partial charge is 0.259 e. The summed E-state index contributed by atoms with van der Waals surface area (Å²) in [6, 6.07) is 15.0. The molecule has 1 fully saturated rings. The molecule has 1 unspecified atom stereocenters. The van der Waals surface area contributed by atoms with Gasteiger partial charge in [-0.3, -0.25) is 9.78 Å². The first-order valence-electron chi connectivity index (χ1n) is 9.57. The van der Waals surface area contributed by atoms with Crippen LogP contribution in [0.4, 0.5) is 11.5 Å². The number of nitrogens with zero attached hydrogens (tertiary/aromatic N) is 3. The van der Waals surface area contributed by atoms with Gasteiger partial charge in [-0.1, -0.05) is 17.7 Å². The van der Waals surface area contributed by atoms with Gasteiger partial charge in [0.2, 0.25) is 0 Å². The minimum atomic E-state index is -0.200. The second-order valence-electron chi connectivity index (χ2n) is 7.04. The zero-order valence-electron chi connectivity index (χ0n) is 16.1. The van der Waals surface area contributed by atoms with Crippen molar-refractivity contribution in [2.75, 3.05) is 29.9 Å². The number of amides is 1. The molecule has 2 N–H and O–H groups in total.